The zero-order valence-corrected chi connectivity index (χ0v) is 11.3. The van der Waals surface area contributed by atoms with Crippen LogP contribution in [0.3, 0.4) is 0 Å². The number of fused-ring (bicyclic) bond motifs is 1. The van der Waals surface area contributed by atoms with Gasteiger partial charge < -0.3 is 9.47 Å². The zero-order chi connectivity index (χ0) is 13.3. The number of aryl methyl sites for hydroxylation is 1. The topological polar surface area (TPSA) is 38.1 Å². The maximum Gasteiger partial charge on any atom is 0.222 e. The molecular weight excluding hydrogens is 250 g/mol. The van der Waals surface area contributed by atoms with Crippen LogP contribution in [0.2, 0.25) is 5.02 Å². The van der Waals surface area contributed by atoms with E-state index in [-0.39, 0.29) is 5.78 Å². The van der Waals surface area contributed by atoms with Gasteiger partial charge in [0.1, 0.15) is 0 Å². The lowest BCUT2D eigenvalue weighted by Crippen LogP contribution is -2.07. The minimum Gasteiger partial charge on any atom is -0.383 e. The van der Waals surface area contributed by atoms with Crippen LogP contribution in [0, 0.1) is 0 Å². The molecule has 2 aromatic rings. The van der Waals surface area contributed by atoms with Crippen LogP contribution in [-0.2, 0) is 7.05 Å². The highest BCUT2D eigenvalue weighted by Crippen LogP contribution is 2.19. The number of allylic oxidation sites excluding steroid dienone is 1. The zero-order valence-electron chi connectivity index (χ0n) is 10.5. The van der Waals surface area contributed by atoms with E-state index in [4.69, 9.17) is 11.6 Å². The molecule has 0 aliphatic carbocycles. The van der Waals surface area contributed by atoms with Crippen molar-refractivity contribution in [3.63, 3.8) is 0 Å². The van der Waals surface area contributed by atoms with E-state index in [1.807, 2.05) is 27.2 Å². The molecule has 4 nitrogen and oxygen atoms in total. The number of ketones is 1. The van der Waals surface area contributed by atoms with Crippen LogP contribution in [0.1, 0.15) is 10.6 Å². The number of benzene rings is 1. The Morgan fingerprint density at radius 2 is 2.17 bits per heavy atom. The van der Waals surface area contributed by atoms with Gasteiger partial charge in [0.25, 0.3) is 0 Å². The van der Waals surface area contributed by atoms with Gasteiger partial charge in [-0.25, -0.2) is 4.98 Å². The SMILES string of the molecule is CN(C)/C=C/C(=O)c1nc2cc(Cl)ccc2n1C. The third kappa shape index (κ3) is 2.38. The number of nitrogens with zero attached hydrogens (tertiary/aromatic N) is 3. The maximum absolute atomic E-state index is 12.0. The first-order valence-corrected chi connectivity index (χ1v) is 5.88. The Kier molecular flexibility index (Phi) is 3.39. The minimum atomic E-state index is -0.126. The second-order valence-corrected chi connectivity index (χ2v) is 4.71. The van der Waals surface area contributed by atoms with E-state index in [0.717, 1.165) is 11.0 Å². The Balaban J connectivity index is 2.46. The third-order valence-corrected chi connectivity index (χ3v) is 2.82. The Hall–Kier alpha value is -1.81. The van der Waals surface area contributed by atoms with Gasteiger partial charge in [-0.05, 0) is 18.2 Å². The van der Waals surface area contributed by atoms with Crippen molar-refractivity contribution in [2.75, 3.05) is 14.1 Å². The highest BCUT2D eigenvalue weighted by atomic mass is 35.5. The summed E-state index contributed by atoms with van der Waals surface area (Å²) >= 11 is 5.91. The summed E-state index contributed by atoms with van der Waals surface area (Å²) in [5.74, 6) is 0.281. The Morgan fingerprint density at radius 1 is 1.44 bits per heavy atom. The molecule has 0 amide bonds. The Bertz CT molecular complexity index is 628. The van der Waals surface area contributed by atoms with Gasteiger partial charge in [0.2, 0.25) is 5.78 Å². The van der Waals surface area contributed by atoms with Crippen molar-refractivity contribution < 1.29 is 4.79 Å². The number of halogens is 1. The van der Waals surface area contributed by atoms with Crippen LogP contribution in [0.15, 0.2) is 30.5 Å². The van der Waals surface area contributed by atoms with E-state index < -0.39 is 0 Å². The molecule has 0 spiro atoms. The van der Waals surface area contributed by atoms with Gasteiger partial charge in [0.05, 0.1) is 11.0 Å². The number of imidazole rings is 1. The number of rotatable bonds is 3. The monoisotopic (exact) mass is 263 g/mol. The molecule has 0 saturated heterocycles. The molecular formula is C13H14ClN3O. The first-order chi connectivity index (χ1) is 8.49. The molecule has 0 radical (unpaired) electrons. The number of aromatic nitrogens is 2. The first-order valence-electron chi connectivity index (χ1n) is 5.50. The highest BCUT2D eigenvalue weighted by Gasteiger charge is 2.13. The van der Waals surface area contributed by atoms with Gasteiger partial charge in [-0.15, -0.1) is 0 Å². The summed E-state index contributed by atoms with van der Waals surface area (Å²) in [5, 5.41) is 0.614. The Labute approximate surface area is 110 Å². The van der Waals surface area contributed by atoms with E-state index in [9.17, 15) is 4.79 Å². The van der Waals surface area contributed by atoms with Crippen molar-refractivity contribution in [2.24, 2.45) is 7.05 Å². The van der Waals surface area contributed by atoms with Crippen LogP contribution in [0.25, 0.3) is 11.0 Å². The molecule has 1 aromatic heterocycles. The van der Waals surface area contributed by atoms with Crippen LogP contribution in [-0.4, -0.2) is 34.3 Å². The molecule has 94 valence electrons. The van der Waals surface area contributed by atoms with Crippen molar-refractivity contribution >= 4 is 28.4 Å². The normalized spacial score (nSPS) is 11.3. The third-order valence-electron chi connectivity index (χ3n) is 2.59. The summed E-state index contributed by atoms with van der Waals surface area (Å²) in [6, 6.07) is 5.40. The summed E-state index contributed by atoms with van der Waals surface area (Å²) in [4.78, 5) is 18.1. The molecule has 0 unspecified atom stereocenters. The lowest BCUT2D eigenvalue weighted by molar-refractivity contribution is 0.103. The summed E-state index contributed by atoms with van der Waals surface area (Å²) < 4.78 is 1.77. The molecule has 0 saturated carbocycles. The second kappa shape index (κ2) is 4.82. The Morgan fingerprint density at radius 3 is 2.83 bits per heavy atom. The number of carbonyl (C=O) groups is 1. The smallest absolute Gasteiger partial charge is 0.222 e. The van der Waals surface area contributed by atoms with Crippen LogP contribution >= 0.6 is 11.6 Å². The average molecular weight is 264 g/mol. The first kappa shape index (κ1) is 12.6. The summed E-state index contributed by atoms with van der Waals surface area (Å²) in [5.41, 5.74) is 1.62. The largest absolute Gasteiger partial charge is 0.383 e. The average Bonchev–Trinajstić information content (AvgIpc) is 2.63. The maximum atomic E-state index is 12.0. The van der Waals surface area contributed by atoms with E-state index in [0.29, 0.717) is 10.8 Å². The second-order valence-electron chi connectivity index (χ2n) is 4.27. The lowest BCUT2D eigenvalue weighted by Gasteiger charge is -2.02. The molecule has 0 aliphatic heterocycles. The van der Waals surface area contributed by atoms with Crippen molar-refractivity contribution in [3.8, 4) is 0 Å². The van der Waals surface area contributed by atoms with Crippen LogP contribution < -0.4 is 0 Å². The quantitative estimate of drug-likeness (QED) is 0.631. The van der Waals surface area contributed by atoms with Crippen molar-refractivity contribution in [2.45, 2.75) is 0 Å². The molecule has 1 aromatic carbocycles. The van der Waals surface area contributed by atoms with Gasteiger partial charge in [-0.2, -0.15) is 0 Å². The van der Waals surface area contributed by atoms with Crippen molar-refractivity contribution in [1.82, 2.24) is 14.5 Å². The summed E-state index contributed by atoms with van der Waals surface area (Å²) in [7, 11) is 5.54. The van der Waals surface area contributed by atoms with E-state index in [2.05, 4.69) is 4.98 Å². The predicted molar refractivity (Wildman–Crippen MR) is 72.9 cm³/mol. The van der Waals surface area contributed by atoms with E-state index in [1.165, 1.54) is 6.08 Å². The van der Waals surface area contributed by atoms with Crippen LogP contribution in [0.5, 0.6) is 0 Å². The lowest BCUT2D eigenvalue weighted by atomic mass is 10.3. The van der Waals surface area contributed by atoms with Crippen LogP contribution in [0.4, 0.5) is 0 Å². The van der Waals surface area contributed by atoms with Gasteiger partial charge in [-0.1, -0.05) is 11.6 Å². The molecule has 18 heavy (non-hydrogen) atoms. The van der Waals surface area contributed by atoms with Crippen molar-refractivity contribution in [1.29, 1.82) is 0 Å². The molecule has 0 bridgehead atoms. The molecule has 0 atom stereocenters. The molecule has 5 heteroatoms. The van der Waals surface area contributed by atoms with E-state index >= 15 is 0 Å². The number of carbonyl (C=O) groups excluding carboxylic acids is 1. The predicted octanol–water partition coefficient (Wildman–Crippen LogP) is 2.48. The molecule has 0 fully saturated rings. The summed E-state index contributed by atoms with van der Waals surface area (Å²) in [6.07, 6.45) is 3.21. The van der Waals surface area contributed by atoms with E-state index in [1.54, 1.807) is 27.8 Å². The fraction of sp³-hybridized carbons (Fsp3) is 0.231. The van der Waals surface area contributed by atoms with Crippen molar-refractivity contribution in [3.05, 3.63) is 41.3 Å². The number of hydrogen-bond acceptors (Lipinski definition) is 3. The van der Waals surface area contributed by atoms with Gasteiger partial charge in [-0.3, -0.25) is 4.79 Å². The van der Waals surface area contributed by atoms with Gasteiger partial charge >= 0.3 is 0 Å². The fourth-order valence-corrected chi connectivity index (χ4v) is 1.85. The van der Waals surface area contributed by atoms with Gasteiger partial charge in [0.15, 0.2) is 5.82 Å². The molecule has 2 rings (SSSR count). The minimum absolute atomic E-state index is 0.126. The van der Waals surface area contributed by atoms with Gasteiger partial charge in [0, 0.05) is 38.4 Å². The summed E-state index contributed by atoms with van der Waals surface area (Å²) in [6.45, 7) is 0. The molecule has 0 aliphatic rings. The standard InChI is InChI=1S/C13H14ClN3O/c1-16(2)7-6-12(18)13-15-10-8-9(14)4-5-11(10)17(13)3/h4-8H,1-3H3/b7-6+. The molecule has 0 N–H and O–H groups in total. The fourth-order valence-electron chi connectivity index (χ4n) is 1.68. The molecule has 1 heterocycles. The highest BCUT2D eigenvalue weighted by molar-refractivity contribution is 6.31. The number of hydrogen-bond donors (Lipinski definition) is 0.